The lowest BCUT2D eigenvalue weighted by Crippen LogP contribution is -2.23. The van der Waals surface area contributed by atoms with Gasteiger partial charge in [-0.25, -0.2) is 0 Å². The van der Waals surface area contributed by atoms with Crippen molar-refractivity contribution in [1.82, 2.24) is 0 Å². The molecule has 0 aromatic carbocycles. The Bertz CT molecular complexity index is 99.4. The van der Waals surface area contributed by atoms with Crippen molar-refractivity contribution in [2.24, 2.45) is 17.8 Å². The van der Waals surface area contributed by atoms with E-state index in [9.17, 15) is 0 Å². The van der Waals surface area contributed by atoms with Gasteiger partial charge in [0.15, 0.2) is 0 Å². The summed E-state index contributed by atoms with van der Waals surface area (Å²) in [6.45, 7) is 4.97. The van der Waals surface area contributed by atoms with E-state index in [1.54, 1.807) is 0 Å². The highest BCUT2D eigenvalue weighted by atomic mass is 16.3. The number of hydrogen-bond donors (Lipinski definition) is 1. The van der Waals surface area contributed by atoms with Crippen LogP contribution in [0.15, 0.2) is 0 Å². The van der Waals surface area contributed by atoms with Crippen LogP contribution in [0.2, 0.25) is 0 Å². The minimum Gasteiger partial charge on any atom is -0.396 e. The zero-order valence-electron chi connectivity index (χ0n) is 7.71. The molecule has 0 amide bonds. The molecule has 0 radical (unpaired) electrons. The lowest BCUT2D eigenvalue weighted by molar-refractivity contribution is 0.130. The topological polar surface area (TPSA) is 20.2 Å². The maximum Gasteiger partial charge on any atom is 0.0459 e. The predicted octanol–water partition coefficient (Wildman–Crippen LogP) is 2.44. The molecule has 0 aromatic rings. The van der Waals surface area contributed by atoms with Crippen LogP contribution in [0, 0.1) is 17.8 Å². The van der Waals surface area contributed by atoms with Gasteiger partial charge in [-0.05, 0) is 37.0 Å². The summed E-state index contributed by atoms with van der Waals surface area (Å²) in [4.78, 5) is 0. The van der Waals surface area contributed by atoms with Crippen molar-refractivity contribution in [3.8, 4) is 0 Å². The number of rotatable bonds is 2. The summed E-state index contributed by atoms with van der Waals surface area (Å²) in [5.41, 5.74) is 0. The molecule has 1 fully saturated rings. The van der Waals surface area contributed by atoms with E-state index >= 15 is 0 Å². The van der Waals surface area contributed by atoms with E-state index in [2.05, 4.69) is 13.8 Å². The van der Waals surface area contributed by atoms with E-state index in [4.69, 9.17) is 5.11 Å². The molecular formula is C10H20O. The Morgan fingerprint density at radius 1 is 1.18 bits per heavy atom. The Kier molecular flexibility index (Phi) is 3.38. The molecule has 1 aliphatic carbocycles. The zero-order valence-corrected chi connectivity index (χ0v) is 7.71. The summed E-state index contributed by atoms with van der Waals surface area (Å²) in [6.07, 6.45) is 5.18. The van der Waals surface area contributed by atoms with E-state index in [1.165, 1.54) is 25.7 Å². The van der Waals surface area contributed by atoms with Crippen LogP contribution in [0.4, 0.5) is 0 Å². The van der Waals surface area contributed by atoms with Crippen LogP contribution in [0.25, 0.3) is 0 Å². The fourth-order valence-electron chi connectivity index (χ4n) is 2.38. The van der Waals surface area contributed by atoms with Crippen molar-refractivity contribution in [1.29, 1.82) is 0 Å². The molecule has 66 valence electrons. The van der Waals surface area contributed by atoms with Gasteiger partial charge in [0.05, 0.1) is 0 Å². The normalized spacial score (nSPS) is 39.0. The lowest BCUT2D eigenvalue weighted by Gasteiger charge is -2.31. The van der Waals surface area contributed by atoms with Crippen LogP contribution in [0.5, 0.6) is 0 Å². The fraction of sp³-hybridized carbons (Fsp3) is 1.00. The average Bonchev–Trinajstić information content (AvgIpc) is 2.03. The number of aliphatic hydroxyl groups excluding tert-OH is 1. The average molecular weight is 156 g/mol. The summed E-state index contributed by atoms with van der Waals surface area (Å²) in [7, 11) is 0. The Morgan fingerprint density at radius 3 is 2.36 bits per heavy atom. The zero-order chi connectivity index (χ0) is 8.27. The van der Waals surface area contributed by atoms with Crippen molar-refractivity contribution < 1.29 is 5.11 Å². The minimum atomic E-state index is 0.404. The first-order chi connectivity index (χ1) is 5.26. The molecule has 1 N–H and O–H groups in total. The highest BCUT2D eigenvalue weighted by molar-refractivity contribution is 4.75. The largest absolute Gasteiger partial charge is 0.396 e. The molecule has 3 unspecified atom stereocenters. The third kappa shape index (κ3) is 2.48. The van der Waals surface area contributed by atoms with E-state index in [0.717, 1.165) is 11.8 Å². The van der Waals surface area contributed by atoms with Crippen molar-refractivity contribution in [3.05, 3.63) is 0 Å². The van der Waals surface area contributed by atoms with Gasteiger partial charge < -0.3 is 5.11 Å². The van der Waals surface area contributed by atoms with E-state index in [1.807, 2.05) is 0 Å². The summed E-state index contributed by atoms with van der Waals surface area (Å²) in [5.74, 6) is 2.32. The first kappa shape index (κ1) is 9.05. The van der Waals surface area contributed by atoms with Crippen LogP contribution in [-0.4, -0.2) is 11.7 Å². The van der Waals surface area contributed by atoms with Gasteiger partial charge in [-0.3, -0.25) is 0 Å². The van der Waals surface area contributed by atoms with Crippen LogP contribution in [0.3, 0.4) is 0 Å². The van der Waals surface area contributed by atoms with Crippen LogP contribution < -0.4 is 0 Å². The molecule has 0 spiro atoms. The summed E-state index contributed by atoms with van der Waals surface area (Å²) in [6, 6.07) is 0. The molecule has 0 aliphatic heterocycles. The fourth-order valence-corrected chi connectivity index (χ4v) is 2.38. The minimum absolute atomic E-state index is 0.404. The molecular weight excluding hydrogens is 136 g/mol. The van der Waals surface area contributed by atoms with Crippen LogP contribution >= 0.6 is 0 Å². The van der Waals surface area contributed by atoms with Gasteiger partial charge in [-0.15, -0.1) is 0 Å². The van der Waals surface area contributed by atoms with Crippen molar-refractivity contribution >= 4 is 0 Å². The Labute approximate surface area is 69.8 Å². The number of hydrogen-bond acceptors (Lipinski definition) is 1. The first-order valence-electron chi connectivity index (χ1n) is 4.87. The Morgan fingerprint density at radius 2 is 1.82 bits per heavy atom. The molecule has 1 saturated carbocycles. The van der Waals surface area contributed by atoms with Gasteiger partial charge in [0.1, 0.15) is 0 Å². The van der Waals surface area contributed by atoms with Crippen molar-refractivity contribution in [2.45, 2.75) is 39.5 Å². The monoisotopic (exact) mass is 156 g/mol. The SMILES string of the molecule is CCC1CC(C)CC(CO)C1. The molecule has 1 rings (SSSR count). The van der Waals surface area contributed by atoms with E-state index in [0.29, 0.717) is 12.5 Å². The summed E-state index contributed by atoms with van der Waals surface area (Å²) >= 11 is 0. The van der Waals surface area contributed by atoms with Crippen molar-refractivity contribution in [2.75, 3.05) is 6.61 Å². The highest BCUT2D eigenvalue weighted by Gasteiger charge is 2.24. The molecule has 0 bridgehead atoms. The van der Waals surface area contributed by atoms with Gasteiger partial charge in [-0.1, -0.05) is 20.3 Å². The van der Waals surface area contributed by atoms with Crippen molar-refractivity contribution in [3.63, 3.8) is 0 Å². The first-order valence-corrected chi connectivity index (χ1v) is 4.87. The molecule has 1 aliphatic rings. The second-order valence-electron chi connectivity index (χ2n) is 4.14. The quantitative estimate of drug-likeness (QED) is 0.651. The maximum atomic E-state index is 9.02. The van der Waals surface area contributed by atoms with Gasteiger partial charge in [0.2, 0.25) is 0 Å². The molecule has 1 nitrogen and oxygen atoms in total. The third-order valence-electron chi connectivity index (χ3n) is 2.97. The highest BCUT2D eigenvalue weighted by Crippen LogP contribution is 2.34. The van der Waals surface area contributed by atoms with Crippen LogP contribution in [0.1, 0.15) is 39.5 Å². The lowest BCUT2D eigenvalue weighted by atomic mass is 9.75. The smallest absolute Gasteiger partial charge is 0.0459 e. The third-order valence-corrected chi connectivity index (χ3v) is 2.97. The van der Waals surface area contributed by atoms with Gasteiger partial charge in [0.25, 0.3) is 0 Å². The molecule has 0 heterocycles. The predicted molar refractivity (Wildman–Crippen MR) is 47.4 cm³/mol. The van der Waals surface area contributed by atoms with Crippen LogP contribution in [-0.2, 0) is 0 Å². The van der Waals surface area contributed by atoms with E-state index in [-0.39, 0.29) is 0 Å². The van der Waals surface area contributed by atoms with Gasteiger partial charge in [-0.2, -0.15) is 0 Å². The Balaban J connectivity index is 2.37. The second kappa shape index (κ2) is 4.10. The molecule has 0 saturated heterocycles. The summed E-state index contributed by atoms with van der Waals surface area (Å²) < 4.78 is 0. The number of aliphatic hydroxyl groups is 1. The molecule has 11 heavy (non-hydrogen) atoms. The standard InChI is InChI=1S/C10H20O/c1-3-9-4-8(2)5-10(6-9)7-11/h8-11H,3-7H2,1-2H3. The molecule has 0 aromatic heterocycles. The van der Waals surface area contributed by atoms with Gasteiger partial charge >= 0.3 is 0 Å². The Hall–Kier alpha value is -0.0400. The molecule has 3 atom stereocenters. The van der Waals surface area contributed by atoms with Gasteiger partial charge in [0, 0.05) is 6.61 Å². The summed E-state index contributed by atoms with van der Waals surface area (Å²) in [5, 5.41) is 9.02. The molecule has 1 heteroatoms. The van der Waals surface area contributed by atoms with E-state index < -0.39 is 0 Å². The maximum absolute atomic E-state index is 9.02. The second-order valence-corrected chi connectivity index (χ2v) is 4.14.